The Bertz CT molecular complexity index is 1450. The van der Waals surface area contributed by atoms with Crippen molar-refractivity contribution in [2.24, 2.45) is 39.5 Å². The van der Waals surface area contributed by atoms with E-state index in [0.29, 0.717) is 25.1 Å². The summed E-state index contributed by atoms with van der Waals surface area (Å²) in [5, 5.41) is 15.1. The van der Waals surface area contributed by atoms with Crippen LogP contribution in [0.3, 0.4) is 0 Å². The second kappa shape index (κ2) is 10.3. The number of aliphatic imine (C=N–C) groups is 1. The van der Waals surface area contributed by atoms with Gasteiger partial charge in [-0.1, -0.05) is 54.0 Å². The summed E-state index contributed by atoms with van der Waals surface area (Å²) >= 11 is 0. The molecule has 0 spiro atoms. The maximum atomic E-state index is 14.0. The van der Waals surface area contributed by atoms with E-state index in [-0.39, 0.29) is 53.8 Å². The average molecular weight is 646 g/mol. The second-order valence-electron chi connectivity index (χ2n) is 13.5. The van der Waals surface area contributed by atoms with Crippen LogP contribution in [0.1, 0.15) is 57.8 Å². The molecule has 0 radical (unpaired) electrons. The number of halogens is 5. The van der Waals surface area contributed by atoms with Gasteiger partial charge in [-0.3, -0.25) is 19.2 Å². The Morgan fingerprint density at radius 1 is 1.18 bits per heavy atom. The van der Waals surface area contributed by atoms with Crippen LogP contribution in [-0.4, -0.2) is 59.9 Å². The summed E-state index contributed by atoms with van der Waals surface area (Å²) in [4.78, 5) is 55.3. The fraction of sp³-hybridized carbons (Fsp3) is 0.586. The van der Waals surface area contributed by atoms with E-state index in [9.17, 15) is 43.9 Å². The first kappa shape index (κ1) is 33.4. The Morgan fingerprint density at radius 3 is 2.30 bits per heavy atom. The third kappa shape index (κ3) is 6.74. The van der Waals surface area contributed by atoms with Gasteiger partial charge in [0.05, 0.1) is 12.0 Å². The number of amides is 4. The number of fused-ring (bicyclic) bond motifs is 1. The molecule has 2 heterocycles. The molecular weight excluding hydrogens is 609 g/mol. The molecular formula is C29H36F5N5O4S. The molecule has 15 heteroatoms. The Balaban J connectivity index is 1.53. The smallest absolute Gasteiger partial charge is 0.310 e. The largest absolute Gasteiger partial charge is 0.356 e. The molecule has 2 unspecified atom stereocenters. The van der Waals surface area contributed by atoms with Gasteiger partial charge in [0.2, 0.25) is 17.7 Å². The quantitative estimate of drug-likeness (QED) is 0.295. The van der Waals surface area contributed by atoms with Crippen molar-refractivity contribution >= 4 is 40.1 Å². The van der Waals surface area contributed by atoms with E-state index in [1.807, 2.05) is 19.9 Å². The van der Waals surface area contributed by atoms with Crippen molar-refractivity contribution < 1.29 is 38.6 Å². The van der Waals surface area contributed by atoms with Crippen LogP contribution in [0.25, 0.3) is 0 Å². The predicted octanol–water partition coefficient (Wildman–Crippen LogP) is 5.23. The normalized spacial score (nSPS) is 27.4. The Kier molecular flexibility index (Phi) is 7.77. The number of hydrogen-bond acceptors (Lipinski definition) is 5. The van der Waals surface area contributed by atoms with Crippen molar-refractivity contribution in [3.63, 3.8) is 0 Å². The zero-order valence-electron chi connectivity index (χ0n) is 25.0. The number of benzene rings is 1. The van der Waals surface area contributed by atoms with Crippen LogP contribution in [0.15, 0.2) is 34.2 Å². The summed E-state index contributed by atoms with van der Waals surface area (Å²) < 4.78 is 65.2. The lowest BCUT2D eigenvalue weighted by molar-refractivity contribution is -0.144. The standard InChI is InChI=1S/C29H36F5N5O4S/c1-28(2,3)20(14-37-24(40)16-6-8-19(9-7-16)44(30,31,32,33)34)27(43)39-15-21-22(29(21,4)5)23(39)26(42)38-18(13-35)12-17-10-11-36-25(17)41/h6-9,14,17-18,20-23H,10-12,15H2,1-5H3,(H,36,41)(H,38,42)/t17-,18-,20?,21-,22?,23-/m0/s1. The lowest BCUT2D eigenvalue weighted by atomic mass is 9.80. The van der Waals surface area contributed by atoms with Crippen molar-refractivity contribution in [3.8, 4) is 6.07 Å². The summed E-state index contributed by atoms with van der Waals surface area (Å²) in [5.74, 6) is -3.87. The van der Waals surface area contributed by atoms with E-state index in [1.165, 1.54) is 4.90 Å². The van der Waals surface area contributed by atoms with Crippen molar-refractivity contribution in [2.75, 3.05) is 13.1 Å². The molecule has 3 aliphatic rings. The number of piperidine rings is 1. The Hall–Kier alpha value is -3.54. The zero-order valence-corrected chi connectivity index (χ0v) is 25.8. The van der Waals surface area contributed by atoms with E-state index in [1.54, 1.807) is 20.8 Å². The molecule has 0 aromatic heterocycles. The van der Waals surface area contributed by atoms with Crippen LogP contribution in [0.2, 0.25) is 0 Å². The Labute approximate surface area is 252 Å². The van der Waals surface area contributed by atoms with Gasteiger partial charge in [-0.15, -0.1) is 0 Å². The number of hydrogen-bond donors (Lipinski definition) is 2. The van der Waals surface area contributed by atoms with Gasteiger partial charge in [-0.05, 0) is 59.8 Å². The van der Waals surface area contributed by atoms with Gasteiger partial charge in [0.15, 0.2) is 0 Å². The lowest BCUT2D eigenvalue weighted by Gasteiger charge is -2.40. The van der Waals surface area contributed by atoms with E-state index < -0.39 is 62.2 Å². The van der Waals surface area contributed by atoms with Crippen molar-refractivity contribution in [1.29, 1.82) is 5.26 Å². The van der Waals surface area contributed by atoms with Crippen molar-refractivity contribution in [3.05, 3.63) is 29.8 Å². The SMILES string of the molecule is CC(C)(C)C(C=NC(=O)c1ccc(S(F)(F)(F)(F)F)cc1)C(=O)N1C[C@H]2C([C@H]1C(=O)N[C@H](C#N)C[C@@H]1CCNC1=O)C2(C)C. The number of carbonyl (C=O) groups excluding carboxylic acids is 4. The summed E-state index contributed by atoms with van der Waals surface area (Å²) in [6.45, 7) is 9.85. The van der Waals surface area contributed by atoms with Gasteiger partial charge in [0.25, 0.3) is 5.91 Å². The predicted molar refractivity (Wildman–Crippen MR) is 153 cm³/mol. The number of nitrogens with zero attached hydrogens (tertiary/aromatic N) is 3. The molecule has 1 aromatic rings. The molecule has 4 amide bonds. The molecule has 4 rings (SSSR count). The van der Waals surface area contributed by atoms with Crippen LogP contribution < -0.4 is 10.6 Å². The number of nitrogens with one attached hydrogen (secondary N) is 2. The summed E-state index contributed by atoms with van der Waals surface area (Å²) in [6.07, 6.45) is 1.75. The van der Waals surface area contributed by atoms with Crippen LogP contribution in [0, 0.1) is 45.8 Å². The van der Waals surface area contributed by atoms with Crippen LogP contribution in [0.4, 0.5) is 19.4 Å². The average Bonchev–Trinajstić information content (AvgIpc) is 3.24. The maximum absolute atomic E-state index is 14.0. The molecule has 1 aliphatic carbocycles. The molecule has 2 aliphatic heterocycles. The van der Waals surface area contributed by atoms with Gasteiger partial charge in [-0.25, -0.2) is 4.99 Å². The summed E-state index contributed by atoms with van der Waals surface area (Å²) in [7, 11) is -9.92. The van der Waals surface area contributed by atoms with Crippen molar-refractivity contribution in [1.82, 2.24) is 15.5 Å². The summed E-state index contributed by atoms with van der Waals surface area (Å²) in [6, 6.07) is 1.60. The number of carbonyl (C=O) groups is 4. The van der Waals surface area contributed by atoms with Gasteiger partial charge in [0.1, 0.15) is 17.0 Å². The van der Waals surface area contributed by atoms with E-state index in [2.05, 4.69) is 15.6 Å². The molecule has 1 aromatic carbocycles. The van der Waals surface area contributed by atoms with Crippen LogP contribution >= 0.6 is 10.2 Å². The highest BCUT2D eigenvalue weighted by atomic mass is 32.5. The third-order valence-corrected chi connectivity index (χ3v) is 10.2. The molecule has 2 saturated heterocycles. The van der Waals surface area contributed by atoms with Gasteiger partial charge < -0.3 is 15.5 Å². The number of likely N-dealkylation sites (tertiary alicyclic amines) is 1. The first-order chi connectivity index (χ1) is 19.9. The van der Waals surface area contributed by atoms with E-state index in [0.717, 1.165) is 6.21 Å². The number of rotatable bonds is 8. The highest BCUT2D eigenvalue weighted by Gasteiger charge is 2.70. The minimum absolute atomic E-state index is 0.00953. The molecule has 44 heavy (non-hydrogen) atoms. The van der Waals surface area contributed by atoms with Crippen LogP contribution in [-0.2, 0) is 14.4 Å². The third-order valence-electron chi connectivity index (χ3n) is 9.00. The Morgan fingerprint density at radius 2 is 1.80 bits per heavy atom. The number of nitriles is 1. The van der Waals surface area contributed by atoms with Gasteiger partial charge >= 0.3 is 10.2 Å². The molecule has 6 atom stereocenters. The molecule has 3 fully saturated rings. The first-order valence-corrected chi connectivity index (χ1v) is 16.1. The highest BCUT2D eigenvalue weighted by Crippen LogP contribution is 3.02. The molecule has 242 valence electrons. The molecule has 0 bridgehead atoms. The zero-order chi connectivity index (χ0) is 33.1. The van der Waals surface area contributed by atoms with E-state index in [4.69, 9.17) is 0 Å². The monoisotopic (exact) mass is 645 g/mol. The molecule has 9 nitrogen and oxygen atoms in total. The minimum Gasteiger partial charge on any atom is -0.356 e. The maximum Gasteiger partial charge on any atom is 0.310 e. The fourth-order valence-corrected chi connectivity index (χ4v) is 6.93. The fourth-order valence-electron chi connectivity index (χ4n) is 6.28. The minimum atomic E-state index is -9.92. The topological polar surface area (TPSA) is 132 Å². The second-order valence-corrected chi connectivity index (χ2v) is 15.9. The van der Waals surface area contributed by atoms with Gasteiger partial charge in [-0.2, -0.15) is 5.26 Å². The molecule has 1 saturated carbocycles. The van der Waals surface area contributed by atoms with Crippen molar-refractivity contribution in [2.45, 2.75) is 64.4 Å². The highest BCUT2D eigenvalue weighted by molar-refractivity contribution is 8.45. The van der Waals surface area contributed by atoms with Gasteiger partial charge in [0, 0.05) is 30.8 Å². The molecule has 2 N–H and O–H groups in total. The van der Waals surface area contributed by atoms with Crippen LogP contribution in [0.5, 0.6) is 0 Å². The first-order valence-electron chi connectivity index (χ1n) is 14.2. The summed E-state index contributed by atoms with van der Waals surface area (Å²) in [5.41, 5.74) is -1.44. The van der Waals surface area contributed by atoms with E-state index >= 15 is 0 Å². The lowest BCUT2D eigenvalue weighted by Crippen LogP contribution is -2.54.